The molecule has 5 aromatic rings. The first-order chi connectivity index (χ1) is 20.3. The van der Waals surface area contributed by atoms with Crippen LogP contribution in [0.2, 0.25) is 0 Å². The molecule has 2 N–H and O–H groups in total. The quantitative estimate of drug-likeness (QED) is 0.198. The van der Waals surface area contributed by atoms with Gasteiger partial charge in [-0.05, 0) is 90.9 Å². The highest BCUT2D eigenvalue weighted by atomic mass is 32.1. The van der Waals surface area contributed by atoms with Crippen LogP contribution in [-0.2, 0) is 24.4 Å². The first kappa shape index (κ1) is 26.7. The molecule has 3 heterocycles. The molecule has 2 saturated carbocycles. The van der Waals surface area contributed by atoms with E-state index in [4.69, 9.17) is 10.1 Å². The van der Waals surface area contributed by atoms with Crippen LogP contribution in [0.5, 0.6) is 0 Å². The van der Waals surface area contributed by atoms with Crippen molar-refractivity contribution in [2.24, 2.45) is 14.1 Å². The molecule has 2 aromatic carbocycles. The Morgan fingerprint density at radius 1 is 1.02 bits per heavy atom. The van der Waals surface area contributed by atoms with Crippen molar-refractivity contribution < 1.29 is 14.7 Å². The molecule has 8 heteroatoms. The molecule has 7 rings (SSSR count). The van der Waals surface area contributed by atoms with E-state index in [1.54, 1.807) is 17.4 Å². The highest BCUT2D eigenvalue weighted by Gasteiger charge is 2.44. The molecule has 0 radical (unpaired) electrons. The van der Waals surface area contributed by atoms with Crippen LogP contribution in [-0.4, -0.2) is 31.1 Å². The van der Waals surface area contributed by atoms with Gasteiger partial charge in [0.2, 0.25) is 0 Å². The fraction of sp³-hybridized carbons (Fsp3) is 0.324. The van der Waals surface area contributed by atoms with Gasteiger partial charge in [0.05, 0.1) is 22.3 Å². The summed E-state index contributed by atoms with van der Waals surface area (Å²) in [6.45, 7) is 0. The van der Waals surface area contributed by atoms with Gasteiger partial charge in [0.1, 0.15) is 5.82 Å². The van der Waals surface area contributed by atoms with Crippen molar-refractivity contribution in [2.45, 2.75) is 56.4 Å². The summed E-state index contributed by atoms with van der Waals surface area (Å²) in [5.41, 5.74) is 7.70. The van der Waals surface area contributed by atoms with Crippen molar-refractivity contribution in [1.82, 2.24) is 19.4 Å². The molecule has 1 amide bonds. The average molecular weight is 579 g/mol. The fourth-order valence-electron chi connectivity index (χ4n) is 7.11. The molecule has 2 fully saturated rings. The van der Waals surface area contributed by atoms with Gasteiger partial charge in [-0.2, -0.15) is 11.3 Å². The Labute approximate surface area is 248 Å². The molecule has 7 nitrogen and oxygen atoms in total. The number of amides is 1. The third kappa shape index (κ3) is 4.36. The van der Waals surface area contributed by atoms with E-state index in [2.05, 4.69) is 45.9 Å². The second-order valence-corrected chi connectivity index (χ2v) is 12.6. The zero-order valence-corrected chi connectivity index (χ0v) is 24.7. The fourth-order valence-corrected chi connectivity index (χ4v) is 7.75. The van der Waals surface area contributed by atoms with E-state index >= 15 is 0 Å². The molecule has 0 aliphatic heterocycles. The summed E-state index contributed by atoms with van der Waals surface area (Å²) in [6, 6.07) is 14.1. The Bertz CT molecular complexity index is 1870. The number of benzene rings is 2. The minimum atomic E-state index is -0.983. The minimum Gasteiger partial charge on any atom is -0.478 e. The van der Waals surface area contributed by atoms with Gasteiger partial charge in [-0.3, -0.25) is 4.79 Å². The zero-order chi connectivity index (χ0) is 29.0. The van der Waals surface area contributed by atoms with E-state index in [0.717, 1.165) is 53.3 Å². The van der Waals surface area contributed by atoms with Crippen molar-refractivity contribution in [3.8, 4) is 11.3 Å². The summed E-state index contributed by atoms with van der Waals surface area (Å²) < 4.78 is 4.32. The number of hydrogen-bond donors (Lipinski definition) is 2. The first-order valence-electron chi connectivity index (χ1n) is 14.7. The molecular formula is C34H34N4O3S. The van der Waals surface area contributed by atoms with Crippen LogP contribution in [0.25, 0.3) is 39.3 Å². The summed E-state index contributed by atoms with van der Waals surface area (Å²) >= 11 is 1.72. The predicted molar refractivity (Wildman–Crippen MR) is 168 cm³/mol. The molecule has 2 aliphatic carbocycles. The Hall–Kier alpha value is -4.17. The van der Waals surface area contributed by atoms with Crippen LogP contribution in [0.3, 0.4) is 0 Å². The number of imidazole rings is 1. The number of nitrogens with zero attached hydrogens (tertiary/aromatic N) is 3. The lowest BCUT2D eigenvalue weighted by molar-refractivity contribution is -0.131. The summed E-state index contributed by atoms with van der Waals surface area (Å²) in [5.74, 6) is 0.316. The largest absolute Gasteiger partial charge is 0.478 e. The number of hydrogen-bond acceptors (Lipinski definition) is 4. The maximum absolute atomic E-state index is 13.9. The van der Waals surface area contributed by atoms with Crippen LogP contribution >= 0.6 is 11.3 Å². The van der Waals surface area contributed by atoms with Crippen LogP contribution in [0.15, 0.2) is 59.3 Å². The van der Waals surface area contributed by atoms with E-state index in [1.807, 2.05) is 35.9 Å². The van der Waals surface area contributed by atoms with Gasteiger partial charge in [0.15, 0.2) is 0 Å². The van der Waals surface area contributed by atoms with Crippen LogP contribution < -0.4 is 5.32 Å². The normalized spacial score (nSPS) is 16.9. The number of nitrogens with one attached hydrogen (secondary N) is 1. The number of thiophene rings is 1. The molecule has 0 spiro atoms. The standard InChI is InChI=1S/C34H34N4O3S/c1-37-27-19-23(10-11-25(27)30(22-6-3-4-7-22)31(37)24-14-17-42-20-24)32(41)36-34(15-5-16-34)33-35-26-12-8-21(9-13-29(39)40)18-28(26)38(33)2/h8-14,17-20,22H,3-7,15-16H2,1-2H3,(H,36,41)(H,39,40)/b13-9+. The molecule has 214 valence electrons. The Kier molecular flexibility index (Phi) is 6.54. The smallest absolute Gasteiger partial charge is 0.328 e. The SMILES string of the molecule is Cn1c(C2(NC(=O)c3ccc4c(C5CCCC5)c(-c5ccsc5)n(C)c4c3)CCC2)nc2ccc(/C=C/C(=O)O)cc21. The van der Waals surface area contributed by atoms with E-state index in [-0.39, 0.29) is 5.91 Å². The molecule has 0 saturated heterocycles. The highest BCUT2D eigenvalue weighted by Crippen LogP contribution is 2.45. The van der Waals surface area contributed by atoms with E-state index in [0.29, 0.717) is 11.5 Å². The third-order valence-electron chi connectivity index (χ3n) is 9.37. The third-order valence-corrected chi connectivity index (χ3v) is 10.1. The number of carbonyl (C=O) groups excluding carboxylic acids is 1. The second-order valence-electron chi connectivity index (χ2n) is 11.9. The van der Waals surface area contributed by atoms with E-state index in [9.17, 15) is 9.59 Å². The van der Waals surface area contributed by atoms with Crippen molar-refractivity contribution in [1.29, 1.82) is 0 Å². The van der Waals surface area contributed by atoms with Crippen LogP contribution in [0.4, 0.5) is 0 Å². The second kappa shape index (κ2) is 10.3. The number of carbonyl (C=O) groups is 2. The Morgan fingerprint density at radius 3 is 2.52 bits per heavy atom. The van der Waals surface area contributed by atoms with Gasteiger partial charge in [0, 0.05) is 47.6 Å². The first-order valence-corrected chi connectivity index (χ1v) is 15.6. The van der Waals surface area contributed by atoms with E-state index in [1.165, 1.54) is 47.9 Å². The van der Waals surface area contributed by atoms with Gasteiger partial charge < -0.3 is 19.6 Å². The summed E-state index contributed by atoms with van der Waals surface area (Å²) in [4.78, 5) is 29.8. The Morgan fingerprint density at radius 2 is 1.83 bits per heavy atom. The number of rotatable bonds is 7. The molecule has 0 bridgehead atoms. The number of carboxylic acid groups (broad SMARTS) is 1. The molecule has 0 atom stereocenters. The lowest BCUT2D eigenvalue weighted by Gasteiger charge is -2.41. The summed E-state index contributed by atoms with van der Waals surface area (Å²) in [5, 5.41) is 18.0. The topological polar surface area (TPSA) is 89.2 Å². The highest BCUT2D eigenvalue weighted by molar-refractivity contribution is 7.08. The zero-order valence-electron chi connectivity index (χ0n) is 23.9. The van der Waals surface area contributed by atoms with Gasteiger partial charge in [0.25, 0.3) is 5.91 Å². The number of carboxylic acids is 1. The molecule has 42 heavy (non-hydrogen) atoms. The number of aliphatic carboxylic acids is 1. The van der Waals surface area contributed by atoms with Crippen LogP contribution in [0, 0.1) is 0 Å². The lowest BCUT2D eigenvalue weighted by atomic mass is 9.75. The maximum atomic E-state index is 13.9. The number of aryl methyl sites for hydroxylation is 2. The number of aromatic nitrogens is 3. The average Bonchev–Trinajstić information content (AvgIpc) is 3.77. The maximum Gasteiger partial charge on any atom is 0.328 e. The van der Waals surface area contributed by atoms with Gasteiger partial charge in [-0.15, -0.1) is 0 Å². The molecule has 0 unspecified atom stereocenters. The predicted octanol–water partition coefficient (Wildman–Crippen LogP) is 7.36. The minimum absolute atomic E-state index is 0.0885. The molecule has 2 aliphatic rings. The van der Waals surface area contributed by atoms with Gasteiger partial charge >= 0.3 is 5.97 Å². The lowest BCUT2D eigenvalue weighted by Crippen LogP contribution is -2.52. The molecule has 3 aromatic heterocycles. The molecular weight excluding hydrogens is 544 g/mol. The Balaban J connectivity index is 1.24. The van der Waals surface area contributed by atoms with Crippen molar-refractivity contribution in [3.05, 3.63) is 81.8 Å². The van der Waals surface area contributed by atoms with Gasteiger partial charge in [-0.25, -0.2) is 9.78 Å². The van der Waals surface area contributed by atoms with Gasteiger partial charge in [-0.1, -0.05) is 25.0 Å². The number of fused-ring (bicyclic) bond motifs is 2. The summed E-state index contributed by atoms with van der Waals surface area (Å²) in [6.07, 6.45) is 10.4. The van der Waals surface area contributed by atoms with E-state index < -0.39 is 11.5 Å². The van der Waals surface area contributed by atoms with Crippen LogP contribution in [0.1, 0.15) is 78.2 Å². The summed E-state index contributed by atoms with van der Waals surface area (Å²) in [7, 11) is 4.09. The monoisotopic (exact) mass is 578 g/mol. The van der Waals surface area contributed by atoms with Crippen molar-refractivity contribution in [3.63, 3.8) is 0 Å². The van der Waals surface area contributed by atoms with Crippen molar-refractivity contribution in [2.75, 3.05) is 0 Å². The van der Waals surface area contributed by atoms with Crippen molar-refractivity contribution >= 4 is 51.2 Å².